The first kappa shape index (κ1) is 19.7. The number of rotatable bonds is 4. The van der Waals surface area contributed by atoms with Gasteiger partial charge in [0.15, 0.2) is 0 Å². The van der Waals surface area contributed by atoms with Gasteiger partial charge in [0.05, 0.1) is 23.7 Å². The summed E-state index contributed by atoms with van der Waals surface area (Å²) in [6.07, 6.45) is 1.01. The summed E-state index contributed by atoms with van der Waals surface area (Å²) in [7, 11) is 0. The Kier molecular flexibility index (Phi) is 5.88. The maximum Gasteiger partial charge on any atom is 0.335 e. The molecule has 10 heteroatoms. The summed E-state index contributed by atoms with van der Waals surface area (Å²) in [5.41, 5.74) is -0.792. The van der Waals surface area contributed by atoms with E-state index in [2.05, 4.69) is 0 Å². The second kappa shape index (κ2) is 8.34. The standard InChI is InChI=1S/C18H21N3O7/c22-16(20-5-7-28-8-6-20)12-1-3-19(4-2-12)17(23)13-9-14(18(24)25)11-15(10-13)21(26)27/h9-12H,1-8H2,(H,24,25). The zero-order chi connectivity index (χ0) is 20.3. The third-order valence-electron chi connectivity index (χ3n) is 5.08. The molecule has 2 fully saturated rings. The number of nitrogens with zero attached hydrogens (tertiary/aromatic N) is 3. The van der Waals surface area contributed by atoms with Crippen molar-refractivity contribution in [3.8, 4) is 0 Å². The summed E-state index contributed by atoms with van der Waals surface area (Å²) in [6, 6.07) is 3.15. The zero-order valence-corrected chi connectivity index (χ0v) is 15.2. The van der Waals surface area contributed by atoms with E-state index >= 15 is 0 Å². The van der Waals surface area contributed by atoms with Crippen molar-refractivity contribution in [3.63, 3.8) is 0 Å². The Morgan fingerprint density at radius 1 is 1.00 bits per heavy atom. The predicted molar refractivity (Wildman–Crippen MR) is 96.1 cm³/mol. The van der Waals surface area contributed by atoms with Crippen molar-refractivity contribution in [1.82, 2.24) is 9.80 Å². The molecule has 2 aliphatic rings. The number of nitro benzene ring substituents is 1. The van der Waals surface area contributed by atoms with Crippen molar-refractivity contribution in [2.45, 2.75) is 12.8 Å². The van der Waals surface area contributed by atoms with Crippen LogP contribution in [0.15, 0.2) is 18.2 Å². The first-order valence-electron chi connectivity index (χ1n) is 9.05. The molecular formula is C18H21N3O7. The van der Waals surface area contributed by atoms with Gasteiger partial charge in [-0.3, -0.25) is 19.7 Å². The van der Waals surface area contributed by atoms with Crippen LogP contribution in [0.3, 0.4) is 0 Å². The van der Waals surface area contributed by atoms with E-state index < -0.39 is 22.5 Å². The molecule has 0 bridgehead atoms. The Morgan fingerprint density at radius 2 is 1.61 bits per heavy atom. The highest BCUT2D eigenvalue weighted by atomic mass is 16.6. The van der Waals surface area contributed by atoms with Crippen LogP contribution in [0.2, 0.25) is 0 Å². The second-order valence-electron chi connectivity index (χ2n) is 6.83. The van der Waals surface area contributed by atoms with Gasteiger partial charge < -0.3 is 19.6 Å². The predicted octanol–water partition coefficient (Wildman–Crippen LogP) is 1.00. The number of ether oxygens (including phenoxy) is 1. The number of piperidine rings is 1. The van der Waals surface area contributed by atoms with Gasteiger partial charge >= 0.3 is 5.97 Å². The Balaban J connectivity index is 1.67. The van der Waals surface area contributed by atoms with Crippen molar-refractivity contribution < 1.29 is 29.2 Å². The molecule has 0 aromatic heterocycles. The quantitative estimate of drug-likeness (QED) is 0.598. The van der Waals surface area contributed by atoms with Gasteiger partial charge in [-0.05, 0) is 18.9 Å². The number of carbonyl (C=O) groups is 3. The maximum atomic E-state index is 12.7. The highest BCUT2D eigenvalue weighted by Gasteiger charge is 2.31. The molecule has 1 aromatic rings. The highest BCUT2D eigenvalue weighted by Crippen LogP contribution is 2.24. The normalized spacial score (nSPS) is 18.0. The lowest BCUT2D eigenvalue weighted by Crippen LogP contribution is -2.47. The number of likely N-dealkylation sites (tertiary alicyclic amines) is 1. The summed E-state index contributed by atoms with van der Waals surface area (Å²) in [5.74, 6) is -1.91. The summed E-state index contributed by atoms with van der Waals surface area (Å²) in [5, 5.41) is 20.2. The molecule has 150 valence electrons. The number of non-ortho nitro benzene ring substituents is 1. The lowest BCUT2D eigenvalue weighted by Gasteiger charge is -2.35. The summed E-state index contributed by atoms with van der Waals surface area (Å²) < 4.78 is 5.25. The molecule has 0 radical (unpaired) electrons. The Morgan fingerprint density at radius 3 is 2.18 bits per heavy atom. The number of benzene rings is 1. The maximum absolute atomic E-state index is 12.7. The molecule has 0 aliphatic carbocycles. The number of carboxylic acid groups (broad SMARTS) is 1. The number of carboxylic acids is 1. The fourth-order valence-electron chi connectivity index (χ4n) is 3.52. The number of amides is 2. The number of carbonyl (C=O) groups excluding carboxylic acids is 2. The largest absolute Gasteiger partial charge is 0.478 e. The SMILES string of the molecule is O=C(O)c1cc(C(=O)N2CCC(C(=O)N3CCOCC3)CC2)cc([N+](=O)[O-])c1. The van der Waals surface area contributed by atoms with Crippen LogP contribution >= 0.6 is 0 Å². The first-order valence-corrected chi connectivity index (χ1v) is 9.05. The van der Waals surface area contributed by atoms with Crippen LogP contribution in [0.1, 0.15) is 33.6 Å². The molecule has 1 aromatic carbocycles. The number of nitro groups is 1. The van der Waals surface area contributed by atoms with E-state index in [9.17, 15) is 24.5 Å². The summed E-state index contributed by atoms with van der Waals surface area (Å²) in [6.45, 7) is 2.88. The molecule has 0 saturated carbocycles. The first-order chi connectivity index (χ1) is 13.4. The second-order valence-corrected chi connectivity index (χ2v) is 6.83. The van der Waals surface area contributed by atoms with Crippen molar-refractivity contribution in [3.05, 3.63) is 39.4 Å². The minimum absolute atomic E-state index is 0.0374. The van der Waals surface area contributed by atoms with Crippen LogP contribution in [0.25, 0.3) is 0 Å². The molecule has 0 spiro atoms. The molecule has 1 N–H and O–H groups in total. The van der Waals surface area contributed by atoms with E-state index in [0.717, 1.165) is 18.2 Å². The fourth-order valence-corrected chi connectivity index (χ4v) is 3.52. The van der Waals surface area contributed by atoms with Gasteiger partial charge in [-0.15, -0.1) is 0 Å². The van der Waals surface area contributed by atoms with Gasteiger partial charge in [0.1, 0.15) is 0 Å². The third kappa shape index (κ3) is 4.28. The van der Waals surface area contributed by atoms with Gasteiger partial charge in [0, 0.05) is 49.8 Å². The molecule has 28 heavy (non-hydrogen) atoms. The van der Waals surface area contributed by atoms with Gasteiger partial charge in [0.2, 0.25) is 5.91 Å². The smallest absolute Gasteiger partial charge is 0.335 e. The lowest BCUT2D eigenvalue weighted by atomic mass is 9.94. The molecule has 10 nitrogen and oxygen atoms in total. The van der Waals surface area contributed by atoms with Crippen molar-refractivity contribution in [2.24, 2.45) is 5.92 Å². The minimum Gasteiger partial charge on any atom is -0.478 e. The van der Waals surface area contributed by atoms with Crippen LogP contribution in [0.4, 0.5) is 5.69 Å². The van der Waals surface area contributed by atoms with Gasteiger partial charge in [-0.1, -0.05) is 0 Å². The molecule has 2 amide bonds. The number of morpholine rings is 1. The molecular weight excluding hydrogens is 370 g/mol. The molecule has 2 saturated heterocycles. The minimum atomic E-state index is -1.34. The molecule has 2 aliphatic heterocycles. The van der Waals surface area contributed by atoms with Gasteiger partial charge in [-0.2, -0.15) is 0 Å². The topological polar surface area (TPSA) is 130 Å². The Bertz CT molecular complexity index is 764. The van der Waals surface area contributed by atoms with Crippen LogP contribution in [-0.4, -0.2) is 77.0 Å². The van der Waals surface area contributed by atoms with Crippen molar-refractivity contribution in [2.75, 3.05) is 39.4 Å². The van der Waals surface area contributed by atoms with Crippen LogP contribution in [0.5, 0.6) is 0 Å². The monoisotopic (exact) mass is 391 g/mol. The van der Waals surface area contributed by atoms with E-state index in [1.54, 1.807) is 4.90 Å². The van der Waals surface area contributed by atoms with Crippen molar-refractivity contribution in [1.29, 1.82) is 0 Å². The van der Waals surface area contributed by atoms with Crippen LogP contribution in [-0.2, 0) is 9.53 Å². The average Bonchev–Trinajstić information content (AvgIpc) is 2.73. The number of aromatic carboxylic acids is 1. The molecule has 3 rings (SSSR count). The summed E-state index contributed by atoms with van der Waals surface area (Å²) in [4.78, 5) is 50.1. The van der Waals surface area contributed by atoms with E-state index in [1.165, 1.54) is 4.90 Å². The van der Waals surface area contributed by atoms with Crippen LogP contribution in [0, 0.1) is 16.0 Å². The molecule has 0 atom stereocenters. The molecule has 2 heterocycles. The molecule has 0 unspecified atom stereocenters. The zero-order valence-electron chi connectivity index (χ0n) is 15.2. The van der Waals surface area contributed by atoms with E-state index in [1.807, 2.05) is 0 Å². The van der Waals surface area contributed by atoms with Crippen molar-refractivity contribution >= 4 is 23.5 Å². The van der Waals surface area contributed by atoms with E-state index in [-0.39, 0.29) is 23.0 Å². The average molecular weight is 391 g/mol. The summed E-state index contributed by atoms with van der Waals surface area (Å²) >= 11 is 0. The lowest BCUT2D eigenvalue weighted by molar-refractivity contribution is -0.384. The Labute approximate surface area is 160 Å². The van der Waals surface area contributed by atoms with E-state index in [0.29, 0.717) is 52.2 Å². The van der Waals surface area contributed by atoms with Gasteiger partial charge in [0.25, 0.3) is 11.6 Å². The number of hydrogen-bond donors (Lipinski definition) is 1. The highest BCUT2D eigenvalue weighted by molar-refractivity contribution is 5.98. The number of hydrogen-bond acceptors (Lipinski definition) is 6. The third-order valence-corrected chi connectivity index (χ3v) is 5.08. The van der Waals surface area contributed by atoms with Crippen LogP contribution < -0.4 is 0 Å². The van der Waals surface area contributed by atoms with E-state index in [4.69, 9.17) is 9.84 Å². The Hall–Kier alpha value is -3.01. The van der Waals surface area contributed by atoms with Gasteiger partial charge in [-0.25, -0.2) is 4.79 Å². The fraction of sp³-hybridized carbons (Fsp3) is 0.500.